The maximum absolute atomic E-state index is 14.3. The number of aliphatic carboxylic acids is 2. The predicted octanol–water partition coefficient (Wildman–Crippen LogP) is 4.29. The number of halogens is 9. The van der Waals surface area contributed by atoms with Crippen LogP contribution in [0.1, 0.15) is 11.1 Å². The molecule has 3 aliphatic heterocycles. The Morgan fingerprint density at radius 2 is 1.44 bits per heavy atom. The second-order valence-electron chi connectivity index (χ2n) is 8.06. The first kappa shape index (κ1) is 30.6. The summed E-state index contributed by atoms with van der Waals surface area (Å²) < 4.78 is 105. The van der Waals surface area contributed by atoms with Crippen LogP contribution in [0.2, 0.25) is 0 Å². The molecule has 18 heteroatoms. The van der Waals surface area contributed by atoms with Gasteiger partial charge in [0.2, 0.25) is 0 Å². The second-order valence-corrected chi connectivity index (χ2v) is 8.06. The van der Waals surface area contributed by atoms with Gasteiger partial charge in [0, 0.05) is 30.1 Å². The molecule has 41 heavy (non-hydrogen) atoms. The number of hydrogen-bond donors (Lipinski definition) is 4. The molecule has 2 atom stereocenters. The number of rotatable bonds is 1. The van der Waals surface area contributed by atoms with Gasteiger partial charge in [0.25, 0.3) is 0 Å². The molecule has 0 aliphatic carbocycles. The molecule has 0 amide bonds. The fourth-order valence-electron chi connectivity index (χ4n) is 3.54. The molecule has 5 rings (SSSR count). The Hall–Kier alpha value is -4.90. The molecule has 0 bridgehead atoms. The van der Waals surface area contributed by atoms with Gasteiger partial charge < -0.3 is 20.8 Å². The van der Waals surface area contributed by atoms with Gasteiger partial charge >= 0.3 is 24.3 Å². The third kappa shape index (κ3) is 6.47. The Balaban J connectivity index is 0.000000276. The van der Waals surface area contributed by atoms with Crippen molar-refractivity contribution in [2.24, 2.45) is 9.98 Å². The molecule has 2 unspecified atom stereocenters. The summed E-state index contributed by atoms with van der Waals surface area (Å²) in [6.07, 6.45) is 0.0368. The number of benzene rings is 1. The molecule has 1 aromatic carbocycles. The first-order chi connectivity index (χ1) is 18.9. The summed E-state index contributed by atoms with van der Waals surface area (Å²) >= 11 is 0. The molecular formula is C23H14F9N5O4. The van der Waals surface area contributed by atoms with E-state index in [1.807, 2.05) is 18.2 Å². The number of alkyl halides is 6. The smallest absolute Gasteiger partial charge is 0.475 e. The van der Waals surface area contributed by atoms with Crippen LogP contribution in [0.3, 0.4) is 0 Å². The number of aliphatic imine (C=N–C) groups is 2. The van der Waals surface area contributed by atoms with Gasteiger partial charge in [0.05, 0.1) is 11.8 Å². The number of carboxylic acid groups (broad SMARTS) is 2. The van der Waals surface area contributed by atoms with Crippen LogP contribution in [-0.2, 0) is 9.59 Å². The fraction of sp³-hybridized carbons (Fsp3) is 0.174. The lowest BCUT2D eigenvalue weighted by molar-refractivity contribution is -0.193. The van der Waals surface area contributed by atoms with Gasteiger partial charge in [-0.1, -0.05) is 6.08 Å². The Bertz CT molecular complexity index is 1440. The molecule has 3 aliphatic rings. The Morgan fingerprint density at radius 1 is 0.878 bits per heavy atom. The molecule has 218 valence electrons. The van der Waals surface area contributed by atoms with Gasteiger partial charge in [0.15, 0.2) is 5.66 Å². The molecule has 1 aromatic heterocycles. The zero-order valence-electron chi connectivity index (χ0n) is 19.7. The van der Waals surface area contributed by atoms with Crippen molar-refractivity contribution in [3.05, 3.63) is 77.4 Å². The molecule has 0 spiro atoms. The summed E-state index contributed by atoms with van der Waals surface area (Å²) in [4.78, 5) is 30.8. The number of pyridine rings is 1. The normalized spacial score (nSPS) is 21.6. The summed E-state index contributed by atoms with van der Waals surface area (Å²) in [6, 6.07) is 4.94. The minimum Gasteiger partial charge on any atom is -0.475 e. The van der Waals surface area contributed by atoms with Crippen LogP contribution in [0.5, 0.6) is 0 Å². The van der Waals surface area contributed by atoms with E-state index in [1.165, 1.54) is 0 Å². The highest BCUT2D eigenvalue weighted by molar-refractivity contribution is 6.06. The standard InChI is InChI=1S/C19H12F3N5.2C2HF3O2/c20-12-8-13(21)15(14(22)9-12)17-25-18-4-3-11-2-1-6-24-16(11)26-19(18,27-17)10-23-7-5-18;2*3-2(4,5)1(6)7/h1-10H,(H,24,26)(H,25,27);2*(H,6,7). The minimum absolute atomic E-state index is 0.0421. The van der Waals surface area contributed by atoms with Crippen LogP contribution in [0.15, 0.2) is 58.8 Å². The fourth-order valence-corrected chi connectivity index (χ4v) is 3.54. The van der Waals surface area contributed by atoms with Crippen LogP contribution in [0.25, 0.3) is 6.08 Å². The number of nitrogens with one attached hydrogen (secondary N) is 2. The van der Waals surface area contributed by atoms with Crippen LogP contribution < -0.4 is 10.6 Å². The highest BCUT2D eigenvalue weighted by Gasteiger charge is 2.56. The molecular weight excluding hydrogens is 581 g/mol. The molecule has 4 N–H and O–H groups in total. The molecule has 4 heterocycles. The monoisotopic (exact) mass is 595 g/mol. The maximum Gasteiger partial charge on any atom is 0.490 e. The number of aromatic nitrogens is 1. The minimum atomic E-state index is -5.08. The molecule has 0 radical (unpaired) electrons. The van der Waals surface area contributed by atoms with Crippen molar-refractivity contribution >= 4 is 35.9 Å². The average molecular weight is 595 g/mol. The van der Waals surface area contributed by atoms with Crippen LogP contribution in [0.4, 0.5) is 45.3 Å². The van der Waals surface area contributed by atoms with E-state index in [4.69, 9.17) is 19.8 Å². The van der Waals surface area contributed by atoms with E-state index in [0.717, 1.165) is 5.56 Å². The van der Waals surface area contributed by atoms with Crippen LogP contribution in [-0.4, -0.2) is 62.7 Å². The van der Waals surface area contributed by atoms with Crippen LogP contribution in [0, 0.1) is 17.5 Å². The molecule has 0 saturated heterocycles. The lowest BCUT2D eigenvalue weighted by Crippen LogP contribution is -2.61. The van der Waals surface area contributed by atoms with Gasteiger partial charge in [-0.25, -0.2) is 32.7 Å². The van der Waals surface area contributed by atoms with Crippen molar-refractivity contribution in [1.29, 1.82) is 0 Å². The Kier molecular flexibility index (Phi) is 8.17. The largest absolute Gasteiger partial charge is 0.490 e. The SMILES string of the molecule is Fc1cc(F)c(C2=NC34C=NC=CC3(C=Cc3cccnc3N4)N2)c(F)c1.O=C(O)C(F)(F)F.O=C(O)C(F)(F)F. The van der Waals surface area contributed by atoms with Crippen molar-refractivity contribution in [1.82, 2.24) is 10.3 Å². The lowest BCUT2D eigenvalue weighted by Gasteiger charge is -2.38. The maximum atomic E-state index is 14.3. The summed E-state index contributed by atoms with van der Waals surface area (Å²) in [5.41, 5.74) is -1.73. The van der Waals surface area contributed by atoms with E-state index in [1.54, 1.807) is 30.8 Å². The van der Waals surface area contributed by atoms with Crippen LogP contribution >= 0.6 is 0 Å². The van der Waals surface area contributed by atoms with E-state index in [2.05, 4.69) is 25.6 Å². The van der Waals surface area contributed by atoms with E-state index in [0.29, 0.717) is 18.0 Å². The molecule has 0 saturated carbocycles. The van der Waals surface area contributed by atoms with Crippen molar-refractivity contribution in [2.75, 3.05) is 5.32 Å². The van der Waals surface area contributed by atoms with Gasteiger partial charge in [-0.2, -0.15) is 26.3 Å². The third-order valence-electron chi connectivity index (χ3n) is 5.33. The van der Waals surface area contributed by atoms with Crippen molar-refractivity contribution in [2.45, 2.75) is 23.6 Å². The summed E-state index contributed by atoms with van der Waals surface area (Å²) in [5, 5.41) is 20.6. The first-order valence-corrected chi connectivity index (χ1v) is 10.7. The Labute approximate surface area is 222 Å². The lowest BCUT2D eigenvalue weighted by atomic mass is 9.84. The summed E-state index contributed by atoms with van der Waals surface area (Å²) in [6.45, 7) is 0. The zero-order chi connectivity index (χ0) is 30.8. The summed E-state index contributed by atoms with van der Waals surface area (Å²) in [7, 11) is 0. The number of nitrogens with zero attached hydrogens (tertiary/aromatic N) is 3. The molecule has 2 aromatic rings. The number of carbonyl (C=O) groups is 2. The van der Waals surface area contributed by atoms with Crippen molar-refractivity contribution < 1.29 is 59.3 Å². The average Bonchev–Trinajstić information content (AvgIpc) is 3.09. The quantitative estimate of drug-likeness (QED) is 0.362. The van der Waals surface area contributed by atoms with E-state index in [9.17, 15) is 39.5 Å². The Morgan fingerprint density at radius 3 is 1.98 bits per heavy atom. The van der Waals surface area contributed by atoms with Gasteiger partial charge in [-0.3, -0.25) is 4.99 Å². The number of anilines is 1. The van der Waals surface area contributed by atoms with E-state index >= 15 is 0 Å². The van der Waals surface area contributed by atoms with E-state index in [-0.39, 0.29) is 5.84 Å². The zero-order valence-corrected chi connectivity index (χ0v) is 19.7. The third-order valence-corrected chi connectivity index (χ3v) is 5.33. The van der Waals surface area contributed by atoms with Crippen molar-refractivity contribution in [3.8, 4) is 0 Å². The number of carboxylic acids is 2. The van der Waals surface area contributed by atoms with Crippen molar-refractivity contribution in [3.63, 3.8) is 0 Å². The van der Waals surface area contributed by atoms with Gasteiger partial charge in [0.1, 0.15) is 34.6 Å². The van der Waals surface area contributed by atoms with E-state index < -0.39 is 58.5 Å². The second kappa shape index (κ2) is 10.9. The summed E-state index contributed by atoms with van der Waals surface area (Å²) in [5.74, 6) is -8.07. The molecule has 0 fully saturated rings. The van der Waals surface area contributed by atoms with Gasteiger partial charge in [-0.05, 0) is 24.3 Å². The number of hydrogen-bond acceptors (Lipinski definition) is 7. The van der Waals surface area contributed by atoms with Gasteiger partial charge in [-0.15, -0.1) is 0 Å². The molecule has 9 nitrogen and oxygen atoms in total. The highest BCUT2D eigenvalue weighted by atomic mass is 19.4. The number of fused-ring (bicyclic) bond motifs is 1. The predicted molar refractivity (Wildman–Crippen MR) is 123 cm³/mol. The first-order valence-electron chi connectivity index (χ1n) is 10.7. The highest BCUT2D eigenvalue weighted by Crippen LogP contribution is 2.40. The number of amidine groups is 1. The topological polar surface area (TPSA) is 136 Å².